The van der Waals surface area contributed by atoms with Crippen LogP contribution in [0, 0.1) is 5.92 Å². The second-order valence-electron chi connectivity index (χ2n) is 9.69. The minimum atomic E-state index is -4.80. The van der Waals surface area contributed by atoms with Crippen LogP contribution in [0.2, 0.25) is 0 Å². The summed E-state index contributed by atoms with van der Waals surface area (Å²) in [6.45, 7) is 0.0746. The number of halogens is 3. The highest BCUT2D eigenvalue weighted by atomic mass is 19.4. The van der Waals surface area contributed by atoms with Crippen LogP contribution in [-0.2, 0) is 11.0 Å². The molecule has 2 amide bonds. The SMILES string of the molecule is O=C(NCCNC(=O)[C@H]1CC[C@H](c2ncc(-c3ccccc3)o2)CC1)c1cn(-c2ccccc2)nc1C(F)(F)F. The van der Waals surface area contributed by atoms with Gasteiger partial charge in [0.25, 0.3) is 5.91 Å². The highest BCUT2D eigenvalue weighted by Crippen LogP contribution is 2.37. The third kappa shape index (κ3) is 6.24. The zero-order chi connectivity index (χ0) is 28.1. The number of para-hydroxylation sites is 1. The predicted octanol–water partition coefficient (Wildman–Crippen LogP) is 5.37. The van der Waals surface area contributed by atoms with Crippen LogP contribution in [-0.4, -0.2) is 39.7 Å². The van der Waals surface area contributed by atoms with E-state index in [1.165, 1.54) is 0 Å². The Bertz CT molecular complexity index is 1440. The van der Waals surface area contributed by atoms with E-state index in [0.29, 0.717) is 30.2 Å². The number of nitrogens with zero attached hydrogens (tertiary/aromatic N) is 3. The fraction of sp³-hybridized carbons (Fsp3) is 0.310. The maximum absolute atomic E-state index is 13.5. The first-order chi connectivity index (χ1) is 19.3. The van der Waals surface area contributed by atoms with Gasteiger partial charge in [0, 0.05) is 36.7 Å². The molecule has 1 saturated carbocycles. The third-order valence-electron chi connectivity index (χ3n) is 6.99. The van der Waals surface area contributed by atoms with Crippen molar-refractivity contribution < 1.29 is 27.2 Å². The summed E-state index contributed by atoms with van der Waals surface area (Å²) in [5, 5.41) is 8.82. The lowest BCUT2D eigenvalue weighted by atomic mass is 9.81. The van der Waals surface area contributed by atoms with Crippen molar-refractivity contribution in [1.29, 1.82) is 0 Å². The van der Waals surface area contributed by atoms with Crippen LogP contribution in [0.25, 0.3) is 17.0 Å². The van der Waals surface area contributed by atoms with Crippen molar-refractivity contribution in [3.63, 3.8) is 0 Å². The van der Waals surface area contributed by atoms with Crippen LogP contribution in [0.15, 0.2) is 77.5 Å². The summed E-state index contributed by atoms with van der Waals surface area (Å²) < 4.78 is 47.6. The first-order valence-electron chi connectivity index (χ1n) is 13.1. The molecular formula is C29H28F3N5O3. The molecule has 0 unspecified atom stereocenters. The number of nitrogens with one attached hydrogen (secondary N) is 2. The second kappa shape index (κ2) is 11.8. The number of amides is 2. The second-order valence-corrected chi connectivity index (χ2v) is 9.69. The molecule has 4 aromatic rings. The Labute approximate surface area is 228 Å². The molecule has 1 aliphatic carbocycles. The number of rotatable bonds is 8. The summed E-state index contributed by atoms with van der Waals surface area (Å²) in [6.07, 6.45) is 0.834. The average molecular weight is 552 g/mol. The average Bonchev–Trinajstić information content (AvgIpc) is 3.65. The Morgan fingerprint density at radius 2 is 1.57 bits per heavy atom. The number of carbonyl (C=O) groups is 2. The number of alkyl halides is 3. The monoisotopic (exact) mass is 551 g/mol. The fourth-order valence-corrected chi connectivity index (χ4v) is 4.88. The zero-order valence-corrected chi connectivity index (χ0v) is 21.5. The molecule has 40 heavy (non-hydrogen) atoms. The standard InChI is InChI=1S/C29H28F3N5O3/c30-29(31,32)25-23(18-37(36-25)22-9-5-2-6-10-22)27(39)34-16-15-33-26(38)20-11-13-21(14-12-20)28-35-17-24(40-28)19-7-3-1-4-8-19/h1-10,17-18,20-21H,11-16H2,(H,33,38)(H,34,39)/t20-,21-. The molecule has 2 heterocycles. The summed E-state index contributed by atoms with van der Waals surface area (Å²) in [7, 11) is 0. The number of hydrogen-bond acceptors (Lipinski definition) is 5. The number of aromatic nitrogens is 3. The molecule has 0 radical (unpaired) electrons. The zero-order valence-electron chi connectivity index (χ0n) is 21.5. The van der Waals surface area contributed by atoms with E-state index in [9.17, 15) is 22.8 Å². The van der Waals surface area contributed by atoms with Crippen molar-refractivity contribution in [2.24, 2.45) is 5.92 Å². The maximum atomic E-state index is 13.5. The molecule has 0 aliphatic heterocycles. The van der Waals surface area contributed by atoms with Crippen LogP contribution in [0.5, 0.6) is 0 Å². The van der Waals surface area contributed by atoms with Crippen molar-refractivity contribution in [2.75, 3.05) is 13.1 Å². The normalized spacial score (nSPS) is 17.4. The van der Waals surface area contributed by atoms with E-state index >= 15 is 0 Å². The van der Waals surface area contributed by atoms with Gasteiger partial charge in [-0.25, -0.2) is 9.67 Å². The highest BCUT2D eigenvalue weighted by molar-refractivity contribution is 5.95. The van der Waals surface area contributed by atoms with Gasteiger partial charge in [0.05, 0.1) is 17.4 Å². The molecule has 2 N–H and O–H groups in total. The van der Waals surface area contributed by atoms with E-state index in [1.54, 1.807) is 36.5 Å². The molecule has 5 rings (SSSR count). The summed E-state index contributed by atoms with van der Waals surface area (Å²) in [6, 6.07) is 18.0. The first kappa shape index (κ1) is 27.2. The predicted molar refractivity (Wildman–Crippen MR) is 141 cm³/mol. The van der Waals surface area contributed by atoms with E-state index in [0.717, 1.165) is 29.3 Å². The van der Waals surface area contributed by atoms with E-state index < -0.39 is 23.3 Å². The van der Waals surface area contributed by atoms with Gasteiger partial charge in [-0.2, -0.15) is 18.3 Å². The molecule has 208 valence electrons. The van der Waals surface area contributed by atoms with Gasteiger partial charge in [-0.1, -0.05) is 48.5 Å². The molecule has 0 atom stereocenters. The van der Waals surface area contributed by atoms with Crippen LogP contribution < -0.4 is 10.6 Å². The molecule has 11 heteroatoms. The first-order valence-corrected chi connectivity index (χ1v) is 13.1. The number of oxazole rings is 1. The molecular weight excluding hydrogens is 523 g/mol. The summed E-state index contributed by atoms with van der Waals surface area (Å²) in [5.41, 5.74) is -0.492. The van der Waals surface area contributed by atoms with E-state index in [2.05, 4.69) is 20.7 Å². The lowest BCUT2D eigenvalue weighted by molar-refractivity contribution is -0.141. The van der Waals surface area contributed by atoms with Crippen LogP contribution in [0.4, 0.5) is 13.2 Å². The number of hydrogen-bond donors (Lipinski definition) is 2. The quantitative estimate of drug-likeness (QED) is 0.287. The van der Waals surface area contributed by atoms with Crippen molar-refractivity contribution in [3.05, 3.63) is 90.2 Å². The lowest BCUT2D eigenvalue weighted by Gasteiger charge is -2.26. The van der Waals surface area contributed by atoms with E-state index in [-0.39, 0.29) is 30.8 Å². The summed E-state index contributed by atoms with van der Waals surface area (Å²) >= 11 is 0. The molecule has 2 aromatic carbocycles. The fourth-order valence-electron chi connectivity index (χ4n) is 4.88. The van der Waals surface area contributed by atoms with Crippen LogP contribution in [0.1, 0.15) is 53.5 Å². The Hall–Kier alpha value is -4.41. The molecule has 0 spiro atoms. The van der Waals surface area contributed by atoms with Gasteiger partial charge < -0.3 is 15.1 Å². The van der Waals surface area contributed by atoms with Gasteiger partial charge in [0.2, 0.25) is 5.91 Å². The lowest BCUT2D eigenvalue weighted by Crippen LogP contribution is -2.38. The van der Waals surface area contributed by atoms with Crippen molar-refractivity contribution in [1.82, 2.24) is 25.4 Å². The van der Waals surface area contributed by atoms with Crippen LogP contribution in [0.3, 0.4) is 0 Å². The largest absolute Gasteiger partial charge is 0.440 e. The number of benzene rings is 2. The molecule has 0 saturated heterocycles. The van der Waals surface area contributed by atoms with Crippen LogP contribution >= 0.6 is 0 Å². The van der Waals surface area contributed by atoms with Gasteiger partial charge in [0.15, 0.2) is 17.3 Å². The Morgan fingerprint density at radius 3 is 2.25 bits per heavy atom. The minimum absolute atomic E-state index is 0.0215. The van der Waals surface area contributed by atoms with Gasteiger partial charge in [-0.3, -0.25) is 9.59 Å². The van der Waals surface area contributed by atoms with Crippen molar-refractivity contribution >= 4 is 11.8 Å². The van der Waals surface area contributed by atoms with Gasteiger partial charge in [-0.05, 0) is 37.8 Å². The Morgan fingerprint density at radius 1 is 0.925 bits per heavy atom. The van der Waals surface area contributed by atoms with Gasteiger partial charge in [0.1, 0.15) is 0 Å². The molecule has 1 aliphatic rings. The third-order valence-corrected chi connectivity index (χ3v) is 6.99. The topological polar surface area (TPSA) is 102 Å². The minimum Gasteiger partial charge on any atom is -0.440 e. The molecule has 0 bridgehead atoms. The highest BCUT2D eigenvalue weighted by Gasteiger charge is 2.39. The van der Waals surface area contributed by atoms with Crippen molar-refractivity contribution in [3.8, 4) is 17.0 Å². The number of carbonyl (C=O) groups excluding carboxylic acids is 2. The smallest absolute Gasteiger partial charge is 0.435 e. The van der Waals surface area contributed by atoms with Gasteiger partial charge >= 0.3 is 6.18 Å². The Kier molecular flexibility index (Phi) is 7.99. The van der Waals surface area contributed by atoms with Crippen molar-refractivity contribution in [2.45, 2.75) is 37.8 Å². The summed E-state index contributed by atoms with van der Waals surface area (Å²) in [4.78, 5) is 29.7. The van der Waals surface area contributed by atoms with E-state index in [4.69, 9.17) is 4.42 Å². The maximum Gasteiger partial charge on any atom is 0.435 e. The summed E-state index contributed by atoms with van der Waals surface area (Å²) in [5.74, 6) is 0.293. The Balaban J connectivity index is 1.09. The van der Waals surface area contributed by atoms with E-state index in [1.807, 2.05) is 30.3 Å². The molecule has 1 fully saturated rings. The molecule has 2 aromatic heterocycles. The molecule has 8 nitrogen and oxygen atoms in total. The van der Waals surface area contributed by atoms with Gasteiger partial charge in [-0.15, -0.1) is 0 Å².